The Kier molecular flexibility index (Phi) is 11.5. The molecule has 6 rings (SSSR count). The van der Waals surface area contributed by atoms with E-state index in [1.165, 1.54) is 0 Å². The predicted octanol–water partition coefficient (Wildman–Crippen LogP) is 5.49. The maximum atomic E-state index is 12.4. The van der Waals surface area contributed by atoms with Crippen molar-refractivity contribution in [2.24, 2.45) is 0 Å². The second-order valence-corrected chi connectivity index (χ2v) is 12.9. The zero-order valence-corrected chi connectivity index (χ0v) is 27.4. The van der Waals surface area contributed by atoms with Gasteiger partial charge in [-0.05, 0) is 40.7 Å². The quantitative estimate of drug-likeness (QED) is 0.204. The molecule has 0 aliphatic carbocycles. The predicted molar refractivity (Wildman–Crippen MR) is 179 cm³/mol. The minimum atomic E-state index is -0.841. The number of ether oxygens (including phenoxy) is 4. The number of carboxylic acid groups (broad SMARTS) is 1. The van der Waals surface area contributed by atoms with Crippen LogP contribution < -0.4 is 5.32 Å². The lowest BCUT2D eigenvalue weighted by molar-refractivity contribution is -0.255. The summed E-state index contributed by atoms with van der Waals surface area (Å²) in [5, 5.41) is 21.3. The third-order valence-corrected chi connectivity index (χ3v) is 9.54. The average molecular weight is 659 g/mol. The highest BCUT2D eigenvalue weighted by atomic mass is 16.7. The number of likely N-dealkylation sites (tertiary alicyclic amines) is 1. The summed E-state index contributed by atoms with van der Waals surface area (Å²) >= 11 is 0. The Balaban J connectivity index is 1.12. The number of hydrogen-bond donors (Lipinski definition) is 3. The van der Waals surface area contributed by atoms with Gasteiger partial charge in [0, 0.05) is 63.8 Å². The third kappa shape index (κ3) is 8.87. The van der Waals surface area contributed by atoms with Crippen molar-refractivity contribution in [1.29, 1.82) is 0 Å². The van der Waals surface area contributed by atoms with Gasteiger partial charge in [0.2, 0.25) is 5.91 Å². The molecule has 3 N–H and O–H groups in total. The molecule has 3 heterocycles. The Morgan fingerprint density at radius 2 is 1.54 bits per heavy atom. The molecule has 10 heteroatoms. The minimum Gasteiger partial charge on any atom is -0.481 e. The fraction of sp³-hybridized carbons (Fsp3) is 0.474. The molecule has 48 heavy (non-hydrogen) atoms. The number of carbonyl (C=O) groups is 2. The lowest BCUT2D eigenvalue weighted by Crippen LogP contribution is -2.48. The van der Waals surface area contributed by atoms with Crippen molar-refractivity contribution in [1.82, 2.24) is 10.2 Å². The second kappa shape index (κ2) is 16.2. The number of aliphatic carboxylic acids is 1. The number of nitrogens with one attached hydrogen (secondary N) is 1. The van der Waals surface area contributed by atoms with Gasteiger partial charge in [0.1, 0.15) is 0 Å². The van der Waals surface area contributed by atoms with E-state index in [1.807, 2.05) is 60.7 Å². The molecule has 1 amide bonds. The molecule has 3 aromatic carbocycles. The maximum absolute atomic E-state index is 12.4. The minimum absolute atomic E-state index is 0.000486. The van der Waals surface area contributed by atoms with Gasteiger partial charge in [0.25, 0.3) is 0 Å². The topological polar surface area (TPSA) is 127 Å². The van der Waals surface area contributed by atoms with Gasteiger partial charge in [-0.1, -0.05) is 72.8 Å². The van der Waals surface area contributed by atoms with Crippen LogP contribution in [0.25, 0.3) is 11.1 Å². The van der Waals surface area contributed by atoms with Gasteiger partial charge in [-0.2, -0.15) is 0 Å². The fourth-order valence-corrected chi connectivity index (χ4v) is 6.80. The van der Waals surface area contributed by atoms with Crippen LogP contribution in [0.1, 0.15) is 79.6 Å². The van der Waals surface area contributed by atoms with Crippen molar-refractivity contribution in [2.75, 3.05) is 32.8 Å². The highest BCUT2D eigenvalue weighted by Crippen LogP contribution is 2.39. The number of amides is 1. The number of unbranched alkanes of at least 4 members (excludes halogenated alkanes) is 1. The number of carboxylic acids is 1. The smallest absolute Gasteiger partial charge is 0.303 e. The monoisotopic (exact) mass is 658 g/mol. The summed E-state index contributed by atoms with van der Waals surface area (Å²) in [5.74, 6) is -1.34. The van der Waals surface area contributed by atoms with Crippen LogP contribution in [0.4, 0.5) is 0 Å². The molecule has 3 saturated heterocycles. The summed E-state index contributed by atoms with van der Waals surface area (Å²) in [6.07, 6.45) is 3.09. The first-order valence-corrected chi connectivity index (χ1v) is 17.1. The Hall–Kier alpha value is -3.64. The first kappa shape index (κ1) is 34.2. The summed E-state index contributed by atoms with van der Waals surface area (Å²) < 4.78 is 25.1. The van der Waals surface area contributed by atoms with E-state index in [1.54, 1.807) is 0 Å². The van der Waals surface area contributed by atoms with Crippen molar-refractivity contribution in [3.63, 3.8) is 0 Å². The number of hydrogen-bond acceptors (Lipinski definition) is 8. The number of aliphatic hydroxyl groups excluding tert-OH is 1. The van der Waals surface area contributed by atoms with Gasteiger partial charge in [0.05, 0.1) is 32.0 Å². The van der Waals surface area contributed by atoms with Gasteiger partial charge in [-0.25, -0.2) is 0 Å². The molecule has 0 radical (unpaired) electrons. The van der Waals surface area contributed by atoms with Gasteiger partial charge in [0.15, 0.2) is 12.1 Å². The molecule has 3 fully saturated rings. The lowest BCUT2D eigenvalue weighted by atomic mass is 9.97. The molecule has 3 unspecified atom stereocenters. The van der Waals surface area contributed by atoms with E-state index < -0.39 is 18.0 Å². The van der Waals surface area contributed by atoms with Crippen molar-refractivity contribution in [3.05, 3.63) is 95.1 Å². The Bertz CT molecular complexity index is 1500. The summed E-state index contributed by atoms with van der Waals surface area (Å²) in [6, 6.07) is 24.2. The summed E-state index contributed by atoms with van der Waals surface area (Å²) in [7, 11) is 0. The van der Waals surface area contributed by atoms with Gasteiger partial charge >= 0.3 is 5.97 Å². The average Bonchev–Trinajstić information content (AvgIpc) is 3.58. The number of aliphatic hydroxyl groups is 1. The molecule has 256 valence electrons. The van der Waals surface area contributed by atoms with E-state index in [-0.39, 0.29) is 31.1 Å². The highest BCUT2D eigenvalue weighted by molar-refractivity contribution is 5.76. The molecule has 3 aromatic rings. The first-order valence-electron chi connectivity index (χ1n) is 17.1. The Morgan fingerprint density at radius 3 is 2.25 bits per heavy atom. The SMILES string of the molecule is O=C(O)CCCCC(=O)NCc1ccccc1-c1ccc(C2OC(CN3CCC4(CC3)OCCO4)CC(c3ccc(CO)cc3)O2)cc1. The van der Waals surface area contributed by atoms with Gasteiger partial charge in [-0.3, -0.25) is 9.59 Å². The van der Waals surface area contributed by atoms with Crippen molar-refractivity contribution >= 4 is 11.9 Å². The maximum Gasteiger partial charge on any atom is 0.303 e. The molecule has 3 aliphatic heterocycles. The molecule has 10 nitrogen and oxygen atoms in total. The molecule has 0 saturated carbocycles. The molecule has 0 aromatic heterocycles. The number of benzene rings is 3. The standard InChI is InChI=1S/C38H46N2O8/c41-26-27-9-11-29(12-10-27)34-23-32(25-40-19-17-38(18-20-40)45-21-22-46-38)47-37(48-34)30-15-13-28(14-16-30)33-6-2-1-5-31(33)24-39-35(42)7-3-4-8-36(43)44/h1-2,5-6,9-16,32,34,37,41H,3-4,7-8,17-26H2,(H,39,42)(H,43,44). The van der Waals surface area contributed by atoms with Crippen molar-refractivity contribution in [2.45, 2.75) is 82.4 Å². The summed E-state index contributed by atoms with van der Waals surface area (Å²) in [6.45, 7) is 4.29. The molecular weight excluding hydrogens is 612 g/mol. The van der Waals surface area contributed by atoms with Crippen LogP contribution in [0.3, 0.4) is 0 Å². The van der Waals surface area contributed by atoms with E-state index in [0.717, 1.165) is 72.3 Å². The number of nitrogens with zero attached hydrogens (tertiary/aromatic N) is 1. The lowest BCUT2D eigenvalue weighted by Gasteiger charge is -2.41. The normalized spacial score (nSPS) is 22.5. The second-order valence-electron chi connectivity index (χ2n) is 12.9. The zero-order valence-electron chi connectivity index (χ0n) is 27.4. The first-order chi connectivity index (χ1) is 23.4. The molecule has 0 bridgehead atoms. The molecule has 1 spiro atoms. The Morgan fingerprint density at radius 1 is 0.854 bits per heavy atom. The third-order valence-electron chi connectivity index (χ3n) is 9.54. The zero-order chi connectivity index (χ0) is 33.3. The number of piperidine rings is 1. The van der Waals surface area contributed by atoms with Gasteiger partial charge in [-0.15, -0.1) is 0 Å². The van der Waals surface area contributed by atoms with E-state index >= 15 is 0 Å². The van der Waals surface area contributed by atoms with E-state index in [0.29, 0.717) is 39.0 Å². The van der Waals surface area contributed by atoms with Crippen LogP contribution >= 0.6 is 0 Å². The van der Waals surface area contributed by atoms with Crippen molar-refractivity contribution < 1.29 is 38.7 Å². The molecule has 3 aliphatic rings. The van der Waals surface area contributed by atoms with Crippen LogP contribution in [0.15, 0.2) is 72.8 Å². The van der Waals surface area contributed by atoms with Crippen molar-refractivity contribution in [3.8, 4) is 11.1 Å². The van der Waals surface area contributed by atoms with Crippen LogP contribution in [0, 0.1) is 0 Å². The van der Waals surface area contributed by atoms with Crippen LogP contribution in [-0.4, -0.2) is 71.7 Å². The summed E-state index contributed by atoms with van der Waals surface area (Å²) in [5.41, 5.74) is 5.90. The number of carbonyl (C=O) groups excluding carboxylic acids is 1. The van der Waals surface area contributed by atoms with Gasteiger partial charge < -0.3 is 39.4 Å². The van der Waals surface area contributed by atoms with Crippen LogP contribution in [-0.2, 0) is 41.7 Å². The number of rotatable bonds is 13. The Labute approximate surface area is 282 Å². The van der Waals surface area contributed by atoms with Crippen LogP contribution in [0.5, 0.6) is 0 Å². The molecular formula is C38H46N2O8. The molecule has 3 atom stereocenters. The fourth-order valence-electron chi connectivity index (χ4n) is 6.80. The highest BCUT2D eigenvalue weighted by Gasteiger charge is 2.41. The van der Waals surface area contributed by atoms with E-state index in [2.05, 4.69) is 22.3 Å². The van der Waals surface area contributed by atoms with E-state index in [9.17, 15) is 14.7 Å². The van der Waals surface area contributed by atoms with Crippen LogP contribution in [0.2, 0.25) is 0 Å². The summed E-state index contributed by atoms with van der Waals surface area (Å²) in [4.78, 5) is 25.5. The largest absolute Gasteiger partial charge is 0.481 e. The van der Waals surface area contributed by atoms with E-state index in [4.69, 9.17) is 24.1 Å².